The van der Waals surface area contributed by atoms with Crippen molar-refractivity contribution < 1.29 is 23.0 Å². The third-order valence-corrected chi connectivity index (χ3v) is 6.24. The molecule has 0 aliphatic heterocycles. The summed E-state index contributed by atoms with van der Waals surface area (Å²) in [5, 5.41) is 5.52. The van der Waals surface area contributed by atoms with Crippen LogP contribution in [0.5, 0.6) is 0 Å². The van der Waals surface area contributed by atoms with Gasteiger partial charge in [0.2, 0.25) is 17.7 Å². The summed E-state index contributed by atoms with van der Waals surface area (Å²) in [5.74, 6) is -2.36. The van der Waals surface area contributed by atoms with Crippen LogP contribution in [0.1, 0.15) is 52.9 Å². The lowest BCUT2D eigenvalue weighted by Gasteiger charge is -2.35. The molecule has 172 valence electrons. The highest BCUT2D eigenvalue weighted by Crippen LogP contribution is 2.18. The highest BCUT2D eigenvalue weighted by atomic mass is 32.2. The van der Waals surface area contributed by atoms with Crippen LogP contribution in [-0.4, -0.2) is 56.5 Å². The van der Waals surface area contributed by atoms with Crippen molar-refractivity contribution in [1.82, 2.24) is 10.2 Å². The number of halogens is 1. The molecule has 1 saturated carbocycles. The van der Waals surface area contributed by atoms with Crippen molar-refractivity contribution in [2.45, 2.75) is 64.5 Å². The van der Waals surface area contributed by atoms with E-state index in [2.05, 4.69) is 10.6 Å². The number of rotatable bonds is 8. The van der Waals surface area contributed by atoms with Crippen molar-refractivity contribution in [3.8, 4) is 0 Å². The molecule has 0 radical (unpaired) electrons. The SMILES string of the molecule is CC(C)(C)N(CC(=O)NC1CCCCC1)C(=O)C[S@](=O)CC(=O)Nc1ccc(F)cc1. The molecule has 1 aliphatic carbocycles. The Labute approximate surface area is 185 Å². The molecule has 1 atom stereocenters. The zero-order valence-electron chi connectivity index (χ0n) is 18.4. The molecule has 7 nitrogen and oxygen atoms in total. The molecule has 2 rings (SSSR count). The Morgan fingerprint density at radius 2 is 1.65 bits per heavy atom. The lowest BCUT2D eigenvalue weighted by Crippen LogP contribution is -2.53. The largest absolute Gasteiger partial charge is 0.352 e. The smallest absolute Gasteiger partial charge is 0.239 e. The van der Waals surface area contributed by atoms with E-state index in [1.165, 1.54) is 35.6 Å². The van der Waals surface area contributed by atoms with Crippen molar-refractivity contribution in [2.24, 2.45) is 0 Å². The van der Waals surface area contributed by atoms with Crippen molar-refractivity contribution in [2.75, 3.05) is 23.4 Å². The van der Waals surface area contributed by atoms with E-state index in [-0.39, 0.29) is 30.0 Å². The van der Waals surface area contributed by atoms with Gasteiger partial charge in [0, 0.05) is 28.1 Å². The third kappa shape index (κ3) is 8.77. The normalized spacial score (nSPS) is 15.7. The average molecular weight is 454 g/mol. The van der Waals surface area contributed by atoms with Gasteiger partial charge in [0.25, 0.3) is 0 Å². The van der Waals surface area contributed by atoms with Crippen LogP contribution in [0.25, 0.3) is 0 Å². The molecule has 2 N–H and O–H groups in total. The molecule has 0 heterocycles. The highest BCUT2D eigenvalue weighted by Gasteiger charge is 2.30. The summed E-state index contributed by atoms with van der Waals surface area (Å²) in [6.45, 7) is 5.31. The molecule has 3 amide bonds. The first-order chi connectivity index (χ1) is 14.5. The maximum absolute atomic E-state index is 12.9. The van der Waals surface area contributed by atoms with Gasteiger partial charge in [-0.2, -0.15) is 0 Å². The second-order valence-corrected chi connectivity index (χ2v) is 10.3. The van der Waals surface area contributed by atoms with Gasteiger partial charge in [-0.1, -0.05) is 19.3 Å². The van der Waals surface area contributed by atoms with Gasteiger partial charge >= 0.3 is 0 Å². The van der Waals surface area contributed by atoms with Crippen molar-refractivity contribution in [1.29, 1.82) is 0 Å². The fraction of sp³-hybridized carbons (Fsp3) is 0.591. The Morgan fingerprint density at radius 3 is 2.23 bits per heavy atom. The molecule has 1 fully saturated rings. The van der Waals surface area contributed by atoms with Crippen LogP contribution in [0.3, 0.4) is 0 Å². The summed E-state index contributed by atoms with van der Waals surface area (Å²) in [6, 6.07) is 5.34. The molecule has 0 saturated heterocycles. The number of carbonyl (C=O) groups is 3. The van der Waals surface area contributed by atoms with E-state index in [0.717, 1.165) is 25.7 Å². The molecule has 1 aliphatic rings. The van der Waals surface area contributed by atoms with E-state index in [4.69, 9.17) is 0 Å². The number of benzene rings is 1. The van der Waals surface area contributed by atoms with Crippen LogP contribution in [0, 0.1) is 5.82 Å². The molecular weight excluding hydrogens is 421 g/mol. The van der Waals surface area contributed by atoms with Crippen LogP contribution in [-0.2, 0) is 25.2 Å². The molecular formula is C22H32FN3O4S. The Hall–Kier alpha value is -2.29. The minimum atomic E-state index is -1.74. The highest BCUT2D eigenvalue weighted by molar-refractivity contribution is 7.86. The lowest BCUT2D eigenvalue weighted by molar-refractivity contribution is -0.138. The molecule has 0 spiro atoms. The van der Waals surface area contributed by atoms with E-state index in [1.54, 1.807) is 0 Å². The Bertz CT molecular complexity index is 802. The van der Waals surface area contributed by atoms with E-state index in [9.17, 15) is 23.0 Å². The minimum absolute atomic E-state index is 0.113. The maximum Gasteiger partial charge on any atom is 0.239 e. The summed E-state index contributed by atoms with van der Waals surface area (Å²) in [6.07, 6.45) is 5.25. The topological polar surface area (TPSA) is 95.6 Å². The summed E-state index contributed by atoms with van der Waals surface area (Å²) in [5.41, 5.74) is -0.257. The zero-order valence-corrected chi connectivity index (χ0v) is 19.2. The Kier molecular flexibility index (Phi) is 9.15. The van der Waals surface area contributed by atoms with Crippen LogP contribution < -0.4 is 10.6 Å². The lowest BCUT2D eigenvalue weighted by atomic mass is 9.95. The summed E-state index contributed by atoms with van der Waals surface area (Å²) >= 11 is 0. The van der Waals surface area contributed by atoms with Gasteiger partial charge in [-0.15, -0.1) is 0 Å². The number of carbonyl (C=O) groups excluding carboxylic acids is 3. The number of amides is 3. The van der Waals surface area contributed by atoms with Crippen molar-refractivity contribution in [3.05, 3.63) is 30.1 Å². The third-order valence-electron chi connectivity index (χ3n) is 5.09. The fourth-order valence-electron chi connectivity index (χ4n) is 3.51. The van der Waals surface area contributed by atoms with E-state index >= 15 is 0 Å². The molecule has 0 unspecified atom stereocenters. The van der Waals surface area contributed by atoms with Crippen molar-refractivity contribution >= 4 is 34.2 Å². The first-order valence-corrected chi connectivity index (χ1v) is 12.0. The number of anilines is 1. The molecule has 1 aromatic rings. The predicted octanol–water partition coefficient (Wildman–Crippen LogP) is 2.59. The number of hydrogen-bond donors (Lipinski definition) is 2. The first kappa shape index (κ1) is 25.0. The maximum atomic E-state index is 12.9. The van der Waals surface area contributed by atoms with Gasteiger partial charge in [-0.25, -0.2) is 4.39 Å². The quantitative estimate of drug-likeness (QED) is 0.632. The van der Waals surface area contributed by atoms with Gasteiger partial charge in [-0.3, -0.25) is 18.6 Å². The summed E-state index contributed by atoms with van der Waals surface area (Å²) in [7, 11) is -1.74. The predicted molar refractivity (Wildman–Crippen MR) is 119 cm³/mol. The van der Waals surface area contributed by atoms with Crippen molar-refractivity contribution in [3.63, 3.8) is 0 Å². The second kappa shape index (κ2) is 11.4. The number of nitrogens with zero attached hydrogens (tertiary/aromatic N) is 1. The number of nitrogens with one attached hydrogen (secondary N) is 2. The summed E-state index contributed by atoms with van der Waals surface area (Å²) < 4.78 is 25.3. The van der Waals surface area contributed by atoms with Crippen LogP contribution >= 0.6 is 0 Å². The Morgan fingerprint density at radius 1 is 1.03 bits per heavy atom. The minimum Gasteiger partial charge on any atom is -0.352 e. The summed E-state index contributed by atoms with van der Waals surface area (Å²) in [4.78, 5) is 38.7. The van der Waals surface area contributed by atoms with Gasteiger partial charge < -0.3 is 15.5 Å². The number of hydrogen-bond acceptors (Lipinski definition) is 4. The molecule has 1 aromatic carbocycles. The fourth-order valence-corrected chi connectivity index (χ4v) is 4.40. The van der Waals surface area contributed by atoms with E-state index in [1.807, 2.05) is 20.8 Å². The molecule has 0 bridgehead atoms. The second-order valence-electron chi connectivity index (χ2n) is 8.84. The van der Waals surface area contributed by atoms with Crippen LogP contribution in [0.4, 0.5) is 10.1 Å². The standard InChI is InChI=1S/C22H32FN3O4S/c1-22(2,3)26(13-19(27)24-17-7-5-4-6-8-17)21(29)15-31(30)14-20(28)25-18-11-9-16(23)10-12-18/h9-12,17H,4-8,13-15H2,1-3H3,(H,24,27)(H,25,28)/t31-/m1/s1. The van der Waals surface area contributed by atoms with Crippen LogP contribution in [0.15, 0.2) is 24.3 Å². The first-order valence-electron chi connectivity index (χ1n) is 10.5. The van der Waals surface area contributed by atoms with Gasteiger partial charge in [0.15, 0.2) is 0 Å². The zero-order chi connectivity index (χ0) is 23.0. The van der Waals surface area contributed by atoms with Gasteiger partial charge in [0.1, 0.15) is 23.9 Å². The molecule has 9 heteroatoms. The molecule has 0 aromatic heterocycles. The molecule has 31 heavy (non-hydrogen) atoms. The van der Waals surface area contributed by atoms with E-state index in [0.29, 0.717) is 5.69 Å². The monoisotopic (exact) mass is 453 g/mol. The van der Waals surface area contributed by atoms with Crippen LogP contribution in [0.2, 0.25) is 0 Å². The van der Waals surface area contributed by atoms with Gasteiger partial charge in [0.05, 0.1) is 0 Å². The average Bonchev–Trinajstić information content (AvgIpc) is 2.67. The van der Waals surface area contributed by atoms with Gasteiger partial charge in [-0.05, 0) is 57.9 Å². The van der Waals surface area contributed by atoms with E-state index < -0.39 is 34.0 Å². The Balaban J connectivity index is 1.88.